The Labute approximate surface area is 122 Å². The van der Waals surface area contributed by atoms with Crippen LogP contribution in [0.1, 0.15) is 0 Å². The highest BCUT2D eigenvalue weighted by Crippen LogP contribution is 2.12. The largest absolute Gasteiger partial charge is 0.345 e. The molecule has 12 radical (unpaired) electrons. The highest BCUT2D eigenvalue weighted by molar-refractivity contribution is 6.57. The van der Waals surface area contributed by atoms with Crippen LogP contribution in [0, 0.1) is 0 Å². The van der Waals surface area contributed by atoms with Gasteiger partial charge in [-0.3, -0.25) is 13.9 Å². The molecule has 2 aromatic heterocycles. The maximum absolute atomic E-state index is 12.4. The van der Waals surface area contributed by atoms with Crippen LogP contribution in [0.2, 0.25) is 0 Å². The van der Waals surface area contributed by atoms with Crippen molar-refractivity contribution in [3.8, 4) is 0 Å². The molecule has 6 nitrogen and oxygen atoms in total. The molecule has 0 bridgehead atoms. The number of hydrogen-bond acceptors (Lipinski definition) is 3. The summed E-state index contributed by atoms with van der Waals surface area (Å²) in [5.41, 5.74) is -1.87. The van der Waals surface area contributed by atoms with Crippen molar-refractivity contribution in [1.82, 2.24) is 18.7 Å². The third-order valence-corrected chi connectivity index (χ3v) is 2.75. The van der Waals surface area contributed by atoms with Crippen molar-refractivity contribution in [3.05, 3.63) is 27.2 Å². The molecule has 0 aliphatic heterocycles. The van der Waals surface area contributed by atoms with E-state index >= 15 is 0 Å². The van der Waals surface area contributed by atoms with Crippen LogP contribution in [0.25, 0.3) is 11.2 Å². The minimum atomic E-state index is -2.20. The van der Waals surface area contributed by atoms with Gasteiger partial charge in [-0.1, -0.05) is 10.5 Å². The third-order valence-electron chi connectivity index (χ3n) is 2.75. The Balaban J connectivity index is 3.08. The summed E-state index contributed by atoms with van der Waals surface area (Å²) in [7, 11) is 34.2. The Hall–Kier alpha value is -1.46. The first-order valence-corrected chi connectivity index (χ1v) is 5.39. The Kier molecular flexibility index (Phi) is 3.19. The minimum Gasteiger partial charge on any atom is -0.345 e. The van der Waals surface area contributed by atoms with Crippen molar-refractivity contribution in [2.75, 3.05) is 0 Å². The van der Waals surface area contributed by atoms with Gasteiger partial charge in [0.15, 0.2) is 11.2 Å². The van der Waals surface area contributed by atoms with E-state index in [1.807, 2.05) is 0 Å². The van der Waals surface area contributed by atoms with E-state index in [0.29, 0.717) is 4.57 Å². The molecule has 0 fully saturated rings. The lowest BCUT2D eigenvalue weighted by atomic mass is 9.49. The molecule has 0 aromatic carbocycles. The summed E-state index contributed by atoms with van der Waals surface area (Å²) < 4.78 is 2.48. The van der Waals surface area contributed by atoms with Crippen LogP contribution in [0.3, 0.4) is 0 Å². The van der Waals surface area contributed by atoms with Crippen molar-refractivity contribution in [1.29, 1.82) is 0 Å². The molecule has 0 unspecified atom stereocenters. The average molecular weight is 253 g/mol. The topological polar surface area (TPSA) is 61.8 Å². The Bertz CT molecular complexity index is 793. The number of fused-ring (bicyclic) bond motifs is 1. The molecule has 86 valence electrons. The predicted octanol–water partition coefficient (Wildman–Crippen LogP) is -3.96. The van der Waals surface area contributed by atoms with Gasteiger partial charge in [0.2, 0.25) is 0 Å². The normalized spacial score (nSPS) is 12.8. The lowest BCUT2D eigenvalue weighted by Crippen LogP contribution is -2.53. The van der Waals surface area contributed by atoms with E-state index in [2.05, 4.69) is 4.98 Å². The van der Waals surface area contributed by atoms with Gasteiger partial charge in [-0.2, -0.15) is 0 Å². The van der Waals surface area contributed by atoms with Gasteiger partial charge in [0.25, 0.3) is 5.56 Å². The molecular formula is C8H4B6N4O2. The molecule has 0 spiro atoms. The van der Waals surface area contributed by atoms with Crippen LogP contribution in [0.15, 0.2) is 15.9 Å². The van der Waals surface area contributed by atoms with Gasteiger partial charge in [0.1, 0.15) is 0 Å². The van der Waals surface area contributed by atoms with E-state index in [1.165, 1.54) is 7.05 Å². The van der Waals surface area contributed by atoms with Gasteiger partial charge in [0.05, 0.1) is 53.4 Å². The molecule has 0 atom stereocenters. The summed E-state index contributed by atoms with van der Waals surface area (Å²) in [6.45, 7) is 0. The second kappa shape index (κ2) is 4.27. The highest BCUT2D eigenvalue weighted by atomic mass is 16.2. The molecule has 12 heteroatoms. The quantitative estimate of drug-likeness (QED) is 0.513. The summed E-state index contributed by atoms with van der Waals surface area (Å²) >= 11 is 0. The van der Waals surface area contributed by atoms with Gasteiger partial charge in [-0.05, 0) is 0 Å². The molecular weight excluding hydrogens is 249 g/mol. The van der Waals surface area contributed by atoms with Crippen LogP contribution >= 0.6 is 0 Å². The number of rotatable bonds is 2. The maximum Gasteiger partial charge on any atom is 0.330 e. The molecule has 20 heavy (non-hydrogen) atoms. The van der Waals surface area contributed by atoms with Crippen LogP contribution in [-0.4, -0.2) is 65.8 Å². The van der Waals surface area contributed by atoms with E-state index in [9.17, 15) is 9.59 Å². The Morgan fingerprint density at radius 1 is 1.05 bits per heavy atom. The smallest absolute Gasteiger partial charge is 0.330 e. The van der Waals surface area contributed by atoms with Crippen LogP contribution in [-0.2, 0) is 17.5 Å². The van der Waals surface area contributed by atoms with Crippen LogP contribution in [0.4, 0.5) is 0 Å². The number of imidazole rings is 1. The molecule has 0 N–H and O–H groups in total. The summed E-state index contributed by atoms with van der Waals surface area (Å²) in [6, 6.07) is 0. The van der Waals surface area contributed by atoms with Gasteiger partial charge in [0, 0.05) is 7.05 Å². The zero-order valence-electron chi connectivity index (χ0n) is 10.6. The summed E-state index contributed by atoms with van der Waals surface area (Å²) in [6.07, 6.45) is 1.13. The first-order valence-electron chi connectivity index (χ1n) is 5.39. The first-order chi connectivity index (χ1) is 8.96. The number of hydrogen-bond donors (Lipinski definition) is 0. The SMILES string of the molecule is [B]C([B])([B])n1c(=O)c2c(ncn2C([B])([B])[B])n(C)c1=O. The fourth-order valence-corrected chi connectivity index (χ4v) is 1.85. The fourth-order valence-electron chi connectivity index (χ4n) is 1.85. The highest BCUT2D eigenvalue weighted by Gasteiger charge is 2.25. The molecule has 0 aliphatic carbocycles. The zero-order valence-corrected chi connectivity index (χ0v) is 10.6. The average Bonchev–Trinajstić information content (AvgIpc) is 2.68. The molecule has 2 heterocycles. The summed E-state index contributed by atoms with van der Waals surface area (Å²) in [5, 5.41) is -4.10. The zero-order chi connectivity index (χ0) is 15.5. The molecule has 2 aromatic rings. The van der Waals surface area contributed by atoms with Gasteiger partial charge in [-0.25, -0.2) is 9.78 Å². The van der Waals surface area contributed by atoms with Crippen molar-refractivity contribution >= 4 is 58.2 Å². The van der Waals surface area contributed by atoms with Crippen molar-refractivity contribution in [2.24, 2.45) is 7.05 Å². The Morgan fingerprint density at radius 3 is 2.05 bits per heavy atom. The lowest BCUT2D eigenvalue weighted by Gasteiger charge is -2.26. The van der Waals surface area contributed by atoms with Crippen LogP contribution in [0.5, 0.6) is 0 Å². The minimum absolute atomic E-state index is 0.0197. The number of nitrogens with zero attached hydrogens (tertiary/aromatic N) is 4. The van der Waals surface area contributed by atoms with Gasteiger partial charge >= 0.3 is 5.69 Å². The van der Waals surface area contributed by atoms with Crippen molar-refractivity contribution in [3.63, 3.8) is 0 Å². The van der Waals surface area contributed by atoms with E-state index in [4.69, 9.17) is 47.1 Å². The monoisotopic (exact) mass is 254 g/mol. The van der Waals surface area contributed by atoms with E-state index in [-0.39, 0.29) is 11.2 Å². The maximum atomic E-state index is 12.4. The van der Waals surface area contributed by atoms with Gasteiger partial charge in [-0.15, -0.1) is 0 Å². The molecule has 0 aliphatic rings. The van der Waals surface area contributed by atoms with E-state index < -0.39 is 21.7 Å². The fraction of sp³-hybridized carbons (Fsp3) is 0.375. The Morgan fingerprint density at radius 2 is 1.60 bits per heavy atom. The number of aromatic nitrogens is 4. The second-order valence-electron chi connectivity index (χ2n) is 4.54. The molecule has 0 amide bonds. The predicted molar refractivity (Wildman–Crippen MR) is 79.7 cm³/mol. The molecule has 0 saturated carbocycles. The van der Waals surface area contributed by atoms with E-state index in [1.54, 1.807) is 0 Å². The van der Waals surface area contributed by atoms with Crippen molar-refractivity contribution < 1.29 is 0 Å². The summed E-state index contributed by atoms with van der Waals surface area (Å²) in [5.74, 6) is 0. The number of aryl methyl sites for hydroxylation is 1. The third kappa shape index (κ3) is 2.11. The van der Waals surface area contributed by atoms with Gasteiger partial charge < -0.3 is 4.57 Å². The first kappa shape index (κ1) is 14.9. The lowest BCUT2D eigenvalue weighted by molar-refractivity contribution is 0.641. The standard InChI is InChI=1S/C8H4B6N4O2/c1-16-4-3(17(2-15-4)7(9,10)11)5(19)18(6(16)20)8(12,13)14/h2H,1H3. The molecule has 0 saturated heterocycles. The van der Waals surface area contributed by atoms with Crippen LogP contribution < -0.4 is 11.2 Å². The second-order valence-corrected chi connectivity index (χ2v) is 4.54. The molecule has 2 rings (SSSR count). The van der Waals surface area contributed by atoms with Crippen molar-refractivity contribution in [2.45, 2.75) is 10.5 Å². The van der Waals surface area contributed by atoms with E-state index in [0.717, 1.165) is 15.5 Å². The summed E-state index contributed by atoms with van der Waals surface area (Å²) in [4.78, 5) is 28.3.